The van der Waals surface area contributed by atoms with E-state index in [1.807, 2.05) is 18.2 Å². The zero-order valence-electron chi connectivity index (χ0n) is 22.8. The Balaban J connectivity index is 1.53. The highest BCUT2D eigenvalue weighted by Gasteiger charge is 2.46. The Bertz CT molecular complexity index is 771. The van der Waals surface area contributed by atoms with Gasteiger partial charge in [0.1, 0.15) is 0 Å². The van der Waals surface area contributed by atoms with Crippen molar-refractivity contribution in [1.29, 1.82) is 0 Å². The van der Waals surface area contributed by atoms with Crippen LogP contribution in [0.1, 0.15) is 109 Å². The van der Waals surface area contributed by atoms with Gasteiger partial charge in [0.2, 0.25) is 0 Å². The second-order valence-electron chi connectivity index (χ2n) is 9.68. The highest BCUT2D eigenvalue weighted by molar-refractivity contribution is 5.67. The topological polar surface area (TPSA) is 38.8 Å². The summed E-state index contributed by atoms with van der Waals surface area (Å²) in [5.41, 5.74) is 1.26. The Morgan fingerprint density at radius 2 is 1.44 bits per heavy atom. The fourth-order valence-corrected chi connectivity index (χ4v) is 4.14. The van der Waals surface area contributed by atoms with Crippen LogP contribution >= 0.6 is 0 Å². The van der Waals surface area contributed by atoms with Crippen molar-refractivity contribution in [1.82, 2.24) is 5.06 Å². The molecule has 0 unspecified atom stereocenters. The Kier molecular flexibility index (Phi) is 16.5. The lowest BCUT2D eigenvalue weighted by Crippen LogP contribution is -2.35. The number of carbonyl (C=O) groups excluding carboxylic acids is 1. The van der Waals surface area contributed by atoms with E-state index in [2.05, 4.69) is 62.4 Å². The van der Waals surface area contributed by atoms with Crippen molar-refractivity contribution < 1.29 is 14.4 Å². The minimum atomic E-state index is -0.336. The molecule has 2 rings (SSSR count). The van der Waals surface area contributed by atoms with Gasteiger partial charge in [-0.05, 0) is 69.8 Å². The highest BCUT2D eigenvalue weighted by atomic mass is 16.7. The van der Waals surface area contributed by atoms with E-state index in [-0.39, 0.29) is 12.1 Å². The number of amides is 1. The fraction of sp³-hybridized carbons (Fsp3) is 0.594. The molecule has 200 valence electrons. The van der Waals surface area contributed by atoms with Gasteiger partial charge in [-0.25, -0.2) is 4.79 Å². The molecule has 1 aliphatic rings. The van der Waals surface area contributed by atoms with Gasteiger partial charge >= 0.3 is 6.09 Å². The summed E-state index contributed by atoms with van der Waals surface area (Å²) in [7, 11) is 0. The molecule has 0 radical (unpaired) electrons. The largest absolute Gasteiger partial charge is 0.448 e. The number of rotatable bonds is 20. The third-order valence-corrected chi connectivity index (χ3v) is 6.45. The first-order valence-corrected chi connectivity index (χ1v) is 14.4. The lowest BCUT2D eigenvalue weighted by molar-refractivity contribution is -0.144. The van der Waals surface area contributed by atoms with Crippen molar-refractivity contribution in [3.8, 4) is 0 Å². The van der Waals surface area contributed by atoms with Crippen LogP contribution in [0.5, 0.6) is 0 Å². The number of hydroxylamine groups is 2. The van der Waals surface area contributed by atoms with E-state index in [0.29, 0.717) is 19.1 Å². The van der Waals surface area contributed by atoms with E-state index in [0.717, 1.165) is 57.8 Å². The molecule has 1 fully saturated rings. The first kappa shape index (κ1) is 29.9. The Labute approximate surface area is 220 Å². The molecule has 2 atom stereocenters. The first-order chi connectivity index (χ1) is 17.8. The summed E-state index contributed by atoms with van der Waals surface area (Å²) in [6.07, 6.45) is 27.4. The molecule has 0 saturated heterocycles. The molecule has 0 heterocycles. The van der Waals surface area contributed by atoms with Gasteiger partial charge in [0.25, 0.3) is 0 Å². The van der Waals surface area contributed by atoms with Crippen LogP contribution in [0.4, 0.5) is 4.79 Å². The van der Waals surface area contributed by atoms with Crippen LogP contribution in [0.3, 0.4) is 0 Å². The van der Waals surface area contributed by atoms with E-state index in [1.54, 1.807) is 0 Å². The second kappa shape index (κ2) is 19.8. The van der Waals surface area contributed by atoms with Crippen LogP contribution < -0.4 is 0 Å². The van der Waals surface area contributed by atoms with E-state index in [9.17, 15) is 4.79 Å². The molecule has 36 heavy (non-hydrogen) atoms. The number of ether oxygens (including phenoxy) is 1. The molecule has 1 aromatic carbocycles. The van der Waals surface area contributed by atoms with E-state index in [1.165, 1.54) is 36.3 Å². The predicted octanol–water partition coefficient (Wildman–Crippen LogP) is 9.30. The molecule has 1 amide bonds. The molecule has 0 spiro atoms. The molecular weight excluding hydrogens is 446 g/mol. The van der Waals surface area contributed by atoms with Crippen LogP contribution in [-0.4, -0.2) is 30.4 Å². The van der Waals surface area contributed by atoms with E-state index >= 15 is 0 Å². The highest BCUT2D eigenvalue weighted by Crippen LogP contribution is 2.45. The third-order valence-electron chi connectivity index (χ3n) is 6.45. The van der Waals surface area contributed by atoms with Gasteiger partial charge in [0.05, 0.1) is 19.3 Å². The average Bonchev–Trinajstić information content (AvgIpc) is 3.69. The lowest BCUT2D eigenvalue weighted by atomic mass is 10.1. The van der Waals surface area contributed by atoms with Gasteiger partial charge in [0, 0.05) is 5.92 Å². The third kappa shape index (κ3) is 13.1. The van der Waals surface area contributed by atoms with Gasteiger partial charge in [-0.3, -0.25) is 4.84 Å². The van der Waals surface area contributed by atoms with E-state index < -0.39 is 0 Å². The standard InChI is InChI=1S/C32H49NO3/c1-3-5-7-8-9-10-11-12-13-14-15-16-17-18-19-23-26-35-32(34)33(36-27-6-4-2)31-28-30(31)29-24-21-20-22-25-29/h9-10,12-13,15-16,20-22,24-25,30-31H,3-8,11,14,17-19,23,26-28H2,1-2H3/b10-9-,13-12-,16-15-/t30-,31+/m0/s1. The summed E-state index contributed by atoms with van der Waals surface area (Å²) in [6.45, 7) is 5.37. The molecular formula is C32H49NO3. The molecule has 4 nitrogen and oxygen atoms in total. The summed E-state index contributed by atoms with van der Waals surface area (Å²) in [5, 5.41) is 1.51. The van der Waals surface area contributed by atoms with Gasteiger partial charge in [0.15, 0.2) is 0 Å². The number of carbonyl (C=O) groups is 1. The van der Waals surface area contributed by atoms with Crippen molar-refractivity contribution in [2.24, 2.45) is 0 Å². The normalized spacial score (nSPS) is 17.4. The molecule has 0 aliphatic heterocycles. The summed E-state index contributed by atoms with van der Waals surface area (Å²) in [6, 6.07) is 10.4. The minimum absolute atomic E-state index is 0.0813. The average molecular weight is 496 g/mol. The summed E-state index contributed by atoms with van der Waals surface area (Å²) < 4.78 is 5.57. The summed E-state index contributed by atoms with van der Waals surface area (Å²) >= 11 is 0. The number of hydrogen-bond donors (Lipinski definition) is 0. The summed E-state index contributed by atoms with van der Waals surface area (Å²) in [4.78, 5) is 18.6. The molecule has 0 bridgehead atoms. The molecule has 0 N–H and O–H groups in total. The van der Waals surface area contributed by atoms with Crippen molar-refractivity contribution in [2.75, 3.05) is 13.2 Å². The lowest BCUT2D eigenvalue weighted by Gasteiger charge is -2.22. The van der Waals surface area contributed by atoms with Crippen molar-refractivity contribution in [3.05, 3.63) is 72.4 Å². The number of unbranched alkanes of at least 4 members (excludes halogenated alkanes) is 7. The Hall–Kier alpha value is -2.33. The van der Waals surface area contributed by atoms with Gasteiger partial charge in [-0.2, -0.15) is 5.06 Å². The zero-order valence-corrected chi connectivity index (χ0v) is 22.8. The number of hydrogen-bond acceptors (Lipinski definition) is 3. The van der Waals surface area contributed by atoms with Crippen LogP contribution in [0, 0.1) is 0 Å². The zero-order chi connectivity index (χ0) is 25.7. The van der Waals surface area contributed by atoms with Crippen LogP contribution in [-0.2, 0) is 9.57 Å². The maximum Gasteiger partial charge on any atom is 0.434 e. The Morgan fingerprint density at radius 1 is 0.806 bits per heavy atom. The SMILES string of the molecule is CCCCC/C=C\C/C=C\C/C=C\CCCCCOC(=O)N(OCCCC)[C@@H]1C[C@H]1c1ccccc1. The van der Waals surface area contributed by atoms with Crippen LogP contribution in [0.15, 0.2) is 66.8 Å². The maximum atomic E-state index is 12.7. The second-order valence-corrected chi connectivity index (χ2v) is 9.68. The maximum absolute atomic E-state index is 12.7. The van der Waals surface area contributed by atoms with Crippen molar-refractivity contribution in [2.45, 2.75) is 109 Å². The molecule has 1 saturated carbocycles. The smallest absolute Gasteiger partial charge is 0.434 e. The molecule has 4 heteroatoms. The van der Waals surface area contributed by atoms with Crippen LogP contribution in [0.2, 0.25) is 0 Å². The number of allylic oxidation sites excluding steroid dienone is 6. The van der Waals surface area contributed by atoms with Gasteiger partial charge < -0.3 is 4.74 Å². The summed E-state index contributed by atoms with van der Waals surface area (Å²) in [5.74, 6) is 0.342. The van der Waals surface area contributed by atoms with E-state index in [4.69, 9.17) is 9.57 Å². The quantitative estimate of drug-likeness (QED) is 0.103. The van der Waals surface area contributed by atoms with Gasteiger partial charge in [-0.15, -0.1) is 0 Å². The fourth-order valence-electron chi connectivity index (χ4n) is 4.14. The monoisotopic (exact) mass is 495 g/mol. The molecule has 1 aromatic rings. The van der Waals surface area contributed by atoms with Crippen molar-refractivity contribution in [3.63, 3.8) is 0 Å². The van der Waals surface area contributed by atoms with Crippen molar-refractivity contribution >= 4 is 6.09 Å². The number of benzene rings is 1. The number of nitrogens with zero attached hydrogens (tertiary/aromatic N) is 1. The van der Waals surface area contributed by atoms with Crippen LogP contribution in [0.25, 0.3) is 0 Å². The first-order valence-electron chi connectivity index (χ1n) is 14.4. The van der Waals surface area contributed by atoms with Gasteiger partial charge in [-0.1, -0.05) is 99.9 Å². The predicted molar refractivity (Wildman–Crippen MR) is 151 cm³/mol. The minimum Gasteiger partial charge on any atom is -0.448 e. The Morgan fingerprint density at radius 3 is 2.11 bits per heavy atom. The molecule has 0 aromatic heterocycles. The molecule has 1 aliphatic carbocycles.